The van der Waals surface area contributed by atoms with E-state index in [1.54, 1.807) is 23.7 Å². The van der Waals surface area contributed by atoms with Gasteiger partial charge in [-0.15, -0.1) is 16.4 Å². The third-order valence-corrected chi connectivity index (χ3v) is 7.75. The molecule has 1 saturated heterocycles. The van der Waals surface area contributed by atoms with Crippen molar-refractivity contribution >= 4 is 56.3 Å². The normalized spacial score (nSPS) is 23.9. The van der Waals surface area contributed by atoms with Gasteiger partial charge in [-0.05, 0) is 30.3 Å². The van der Waals surface area contributed by atoms with Crippen LogP contribution in [0.3, 0.4) is 0 Å². The van der Waals surface area contributed by atoms with Crippen LogP contribution in [0.25, 0.3) is 21.5 Å². The number of rotatable bonds is 5. The van der Waals surface area contributed by atoms with Gasteiger partial charge in [0.2, 0.25) is 0 Å². The first-order valence-corrected chi connectivity index (χ1v) is 12.6. The van der Waals surface area contributed by atoms with Crippen LogP contribution in [-0.4, -0.2) is 79.3 Å². The van der Waals surface area contributed by atoms with Gasteiger partial charge in [-0.25, -0.2) is 14.1 Å². The van der Waals surface area contributed by atoms with Gasteiger partial charge in [-0.2, -0.15) is 0 Å². The summed E-state index contributed by atoms with van der Waals surface area (Å²) in [4.78, 5) is 19.0. The summed E-state index contributed by atoms with van der Waals surface area (Å²) in [5, 5.41) is 39.4. The van der Waals surface area contributed by atoms with E-state index in [0.29, 0.717) is 5.69 Å². The van der Waals surface area contributed by atoms with E-state index in [9.17, 15) is 24.5 Å². The number of amides is 1. The Hall–Kier alpha value is -2.71. The highest BCUT2D eigenvalue weighted by Gasteiger charge is 2.49. The van der Waals surface area contributed by atoms with Crippen LogP contribution in [0.1, 0.15) is 6.04 Å². The van der Waals surface area contributed by atoms with E-state index < -0.39 is 48.8 Å². The summed E-state index contributed by atoms with van der Waals surface area (Å²) >= 11 is 13.3. The van der Waals surface area contributed by atoms with Crippen molar-refractivity contribution in [3.8, 4) is 11.3 Å². The van der Waals surface area contributed by atoms with Crippen LogP contribution in [0.4, 0.5) is 10.1 Å². The van der Waals surface area contributed by atoms with Crippen molar-refractivity contribution in [3.63, 3.8) is 0 Å². The lowest BCUT2D eigenvalue weighted by molar-refractivity contribution is -0.205. The summed E-state index contributed by atoms with van der Waals surface area (Å²) < 4.78 is 21.8. The fourth-order valence-corrected chi connectivity index (χ4v) is 5.44. The predicted molar refractivity (Wildman–Crippen MR) is 135 cm³/mol. The third kappa shape index (κ3) is 4.59. The highest BCUT2D eigenvalue weighted by Crippen LogP contribution is 2.35. The molecule has 37 heavy (non-hydrogen) atoms. The van der Waals surface area contributed by atoms with Crippen LogP contribution in [0, 0.1) is 5.82 Å². The topological polar surface area (TPSA) is 134 Å². The lowest BCUT2D eigenvalue weighted by Gasteiger charge is -2.42. The Labute approximate surface area is 223 Å². The van der Waals surface area contributed by atoms with Crippen molar-refractivity contribution in [2.24, 2.45) is 0 Å². The third-order valence-electron chi connectivity index (χ3n) is 6.30. The lowest BCUT2D eigenvalue weighted by Crippen LogP contribution is -2.60. The molecule has 10 nitrogen and oxygen atoms in total. The monoisotopic (exact) mass is 567 g/mol. The number of likely N-dealkylation sites (N-methyl/N-ethyl adjacent to an activating group) is 1. The first-order valence-electron chi connectivity index (χ1n) is 11.0. The SMILES string of the molecule is CN(C(=O)[C@@H]1O[C@H](CO)[C@H](O)[C@H](n2cc(-c3ccc(Cl)c(F)c3Cl)nn2)[C@H]1O)c1ccc2ncsc2c1. The Morgan fingerprint density at radius 2 is 2.03 bits per heavy atom. The van der Waals surface area contributed by atoms with Crippen LogP contribution in [-0.2, 0) is 9.53 Å². The summed E-state index contributed by atoms with van der Waals surface area (Å²) in [6.45, 7) is -0.625. The molecule has 0 radical (unpaired) electrons. The number of nitrogens with zero attached hydrogens (tertiary/aromatic N) is 5. The number of hydrogen-bond donors (Lipinski definition) is 3. The van der Waals surface area contributed by atoms with E-state index in [1.807, 2.05) is 0 Å². The Bertz CT molecular complexity index is 1470. The molecule has 1 fully saturated rings. The van der Waals surface area contributed by atoms with Crippen molar-refractivity contribution in [3.05, 3.63) is 57.9 Å². The number of ether oxygens (including phenoxy) is 1. The fourth-order valence-electron chi connectivity index (χ4n) is 4.26. The number of hydrogen-bond acceptors (Lipinski definition) is 9. The van der Waals surface area contributed by atoms with E-state index >= 15 is 0 Å². The van der Waals surface area contributed by atoms with Gasteiger partial charge in [0, 0.05) is 18.3 Å². The average molecular weight is 568 g/mol. The van der Waals surface area contributed by atoms with Crippen LogP contribution >= 0.6 is 34.5 Å². The van der Waals surface area contributed by atoms with Crippen molar-refractivity contribution in [1.29, 1.82) is 0 Å². The zero-order valence-corrected chi connectivity index (χ0v) is 21.4. The van der Waals surface area contributed by atoms with Crippen LogP contribution in [0.15, 0.2) is 42.0 Å². The highest BCUT2D eigenvalue weighted by atomic mass is 35.5. The van der Waals surface area contributed by atoms with Crippen molar-refractivity contribution in [1.82, 2.24) is 20.0 Å². The number of anilines is 1. The summed E-state index contributed by atoms with van der Waals surface area (Å²) in [7, 11) is 1.53. The van der Waals surface area contributed by atoms with E-state index in [1.165, 1.54) is 41.6 Å². The van der Waals surface area contributed by atoms with Crippen molar-refractivity contribution in [2.75, 3.05) is 18.6 Å². The molecule has 0 bridgehead atoms. The molecule has 14 heteroatoms. The first kappa shape index (κ1) is 25.9. The van der Waals surface area contributed by atoms with Gasteiger partial charge < -0.3 is 25.0 Å². The van der Waals surface area contributed by atoms with Gasteiger partial charge >= 0.3 is 0 Å². The zero-order chi connectivity index (χ0) is 26.4. The van der Waals surface area contributed by atoms with Gasteiger partial charge in [0.15, 0.2) is 11.9 Å². The molecule has 1 aliphatic heterocycles. The maximum Gasteiger partial charge on any atom is 0.258 e. The molecule has 5 rings (SSSR count). The van der Waals surface area contributed by atoms with Gasteiger partial charge in [0.1, 0.15) is 30.0 Å². The molecule has 0 saturated carbocycles. The molecule has 4 aromatic rings. The maximum atomic E-state index is 14.2. The molecule has 0 aliphatic carbocycles. The molecular weight excluding hydrogens is 548 g/mol. The number of aliphatic hydroxyl groups is 3. The second-order valence-corrected chi connectivity index (χ2v) is 10.1. The van der Waals surface area contributed by atoms with Crippen LogP contribution in [0.2, 0.25) is 10.0 Å². The highest BCUT2D eigenvalue weighted by molar-refractivity contribution is 7.16. The number of fused-ring (bicyclic) bond motifs is 1. The van der Waals surface area contributed by atoms with E-state index in [4.69, 9.17) is 27.9 Å². The fraction of sp³-hybridized carbons (Fsp3) is 0.304. The largest absolute Gasteiger partial charge is 0.394 e. The summed E-state index contributed by atoms with van der Waals surface area (Å²) in [6, 6.07) is 6.81. The molecule has 1 amide bonds. The van der Waals surface area contributed by atoms with E-state index in [2.05, 4.69) is 15.3 Å². The number of carbonyl (C=O) groups is 1. The van der Waals surface area contributed by atoms with Crippen LogP contribution < -0.4 is 4.90 Å². The van der Waals surface area contributed by atoms with Gasteiger partial charge in [0.05, 0.1) is 38.6 Å². The molecule has 3 heterocycles. The van der Waals surface area contributed by atoms with Crippen LogP contribution in [0.5, 0.6) is 0 Å². The minimum Gasteiger partial charge on any atom is -0.394 e. The van der Waals surface area contributed by atoms with Gasteiger partial charge in [-0.1, -0.05) is 28.4 Å². The minimum atomic E-state index is -1.58. The van der Waals surface area contributed by atoms with Crippen molar-refractivity contribution < 1.29 is 29.2 Å². The number of aliphatic hydroxyl groups excluding tert-OH is 3. The minimum absolute atomic E-state index is 0.143. The maximum absolute atomic E-state index is 14.2. The average Bonchev–Trinajstić information content (AvgIpc) is 3.56. The standard InChI is InChI=1S/C23H20Cl2FN5O5S/c1-30(10-2-5-13-16(6-10)37-9-27-13)23(35)22-21(34)19(20(33)15(8-32)36-22)31-7-14(28-29-31)11-3-4-12(24)18(26)17(11)25/h2-7,9,15,19-22,32-34H,8H2,1H3/t15-,19+,20+,21-,22-/m1/s1. The van der Waals surface area contributed by atoms with Gasteiger partial charge in [0.25, 0.3) is 5.91 Å². The van der Waals surface area contributed by atoms with E-state index in [-0.39, 0.29) is 21.3 Å². The number of thiazole rings is 1. The zero-order valence-electron chi connectivity index (χ0n) is 19.1. The Morgan fingerprint density at radius 3 is 2.78 bits per heavy atom. The molecule has 194 valence electrons. The quantitative estimate of drug-likeness (QED) is 0.313. The molecule has 2 aromatic heterocycles. The van der Waals surface area contributed by atoms with Gasteiger partial charge in [-0.3, -0.25) is 4.79 Å². The van der Waals surface area contributed by atoms with Crippen molar-refractivity contribution in [2.45, 2.75) is 30.5 Å². The second-order valence-electron chi connectivity index (χ2n) is 8.46. The second kappa shape index (κ2) is 10.2. The summed E-state index contributed by atoms with van der Waals surface area (Å²) in [5.74, 6) is -1.43. The summed E-state index contributed by atoms with van der Waals surface area (Å²) in [5.41, 5.74) is 3.36. The molecule has 2 aromatic carbocycles. The number of carbonyl (C=O) groups excluding carboxylic acids is 1. The molecule has 1 aliphatic rings. The molecule has 0 spiro atoms. The first-order chi connectivity index (χ1) is 17.7. The molecule has 5 atom stereocenters. The molecule has 0 unspecified atom stereocenters. The number of halogens is 3. The lowest BCUT2D eigenvalue weighted by atomic mass is 9.92. The Kier molecular flexibility index (Phi) is 7.16. The Morgan fingerprint density at radius 1 is 1.24 bits per heavy atom. The molecular formula is C23H20Cl2FN5O5S. The smallest absolute Gasteiger partial charge is 0.258 e. The molecule has 3 N–H and O–H groups in total. The van der Waals surface area contributed by atoms with E-state index in [0.717, 1.165) is 14.9 Å². The predicted octanol–water partition coefficient (Wildman–Crippen LogP) is 2.69. The Balaban J connectivity index is 1.45. The number of benzene rings is 2. The summed E-state index contributed by atoms with van der Waals surface area (Å²) in [6.07, 6.45) is -4.34. The number of aromatic nitrogens is 4.